The van der Waals surface area contributed by atoms with Crippen LogP contribution in [0.5, 0.6) is 0 Å². The maximum Gasteiger partial charge on any atom is 0.296 e. The molecular formula is C14H15N3O. The van der Waals surface area contributed by atoms with E-state index >= 15 is 0 Å². The first-order valence-corrected chi connectivity index (χ1v) is 5.65. The third-order valence-corrected chi connectivity index (χ3v) is 2.70. The van der Waals surface area contributed by atoms with E-state index in [1.807, 2.05) is 43.3 Å². The zero-order valence-electron chi connectivity index (χ0n) is 10.4. The highest BCUT2D eigenvalue weighted by Gasteiger charge is 2.23. The maximum atomic E-state index is 11.6. The van der Waals surface area contributed by atoms with Crippen molar-refractivity contribution in [1.29, 1.82) is 0 Å². The fraction of sp³-hybridized carbons (Fsp3) is 0.143. The standard InChI is InChI=1S/C14H15N3O/c1-10(8-11-6-4-3-5-7-11)9-12-13(18)16-14(15)17(12)2/h3-9H,1-2H3,(H2,15,16,18)/b10-8+,12-9-. The average Bonchev–Trinajstić information content (AvgIpc) is 2.57. The van der Waals surface area contributed by atoms with Crippen molar-refractivity contribution in [2.24, 2.45) is 10.7 Å². The van der Waals surface area contributed by atoms with Gasteiger partial charge in [0.25, 0.3) is 5.91 Å². The minimum Gasteiger partial charge on any atom is -0.369 e. The number of benzene rings is 1. The molecule has 1 aliphatic heterocycles. The van der Waals surface area contributed by atoms with Gasteiger partial charge in [0.2, 0.25) is 5.96 Å². The van der Waals surface area contributed by atoms with Crippen molar-refractivity contribution in [2.45, 2.75) is 6.92 Å². The number of amides is 1. The van der Waals surface area contributed by atoms with E-state index in [0.29, 0.717) is 5.70 Å². The lowest BCUT2D eigenvalue weighted by atomic mass is 10.1. The summed E-state index contributed by atoms with van der Waals surface area (Å²) in [6.07, 6.45) is 3.79. The van der Waals surface area contributed by atoms with E-state index in [1.165, 1.54) is 0 Å². The normalized spacial score (nSPS) is 18.4. The monoisotopic (exact) mass is 241 g/mol. The molecule has 0 spiro atoms. The van der Waals surface area contributed by atoms with Crippen molar-refractivity contribution in [3.8, 4) is 0 Å². The Labute approximate surface area is 106 Å². The van der Waals surface area contributed by atoms with Crippen LogP contribution in [-0.2, 0) is 4.79 Å². The van der Waals surface area contributed by atoms with Crippen molar-refractivity contribution >= 4 is 17.9 Å². The predicted octanol–water partition coefficient (Wildman–Crippen LogP) is 1.76. The molecule has 0 saturated carbocycles. The van der Waals surface area contributed by atoms with Crippen LogP contribution >= 0.6 is 0 Å². The van der Waals surface area contributed by atoms with Gasteiger partial charge < -0.3 is 10.6 Å². The molecule has 0 atom stereocenters. The van der Waals surface area contributed by atoms with Crippen molar-refractivity contribution in [2.75, 3.05) is 7.05 Å². The zero-order valence-corrected chi connectivity index (χ0v) is 10.4. The van der Waals surface area contributed by atoms with Crippen LogP contribution in [0.3, 0.4) is 0 Å². The first kappa shape index (κ1) is 12.1. The van der Waals surface area contributed by atoms with Crippen LogP contribution in [0, 0.1) is 0 Å². The van der Waals surface area contributed by atoms with E-state index in [0.717, 1.165) is 11.1 Å². The highest BCUT2D eigenvalue weighted by molar-refractivity contribution is 6.09. The number of guanidine groups is 1. The van der Waals surface area contributed by atoms with Gasteiger partial charge in [-0.15, -0.1) is 0 Å². The minimum absolute atomic E-state index is 0.235. The number of aliphatic imine (C=N–C) groups is 1. The molecule has 1 aromatic carbocycles. The lowest BCUT2D eigenvalue weighted by Gasteiger charge is -2.11. The summed E-state index contributed by atoms with van der Waals surface area (Å²) in [5.41, 5.74) is 8.14. The quantitative estimate of drug-likeness (QED) is 0.803. The maximum absolute atomic E-state index is 11.6. The Kier molecular flexibility index (Phi) is 3.28. The van der Waals surface area contributed by atoms with Gasteiger partial charge in [-0.05, 0) is 24.1 Å². The molecule has 1 aromatic rings. The minimum atomic E-state index is -0.296. The van der Waals surface area contributed by atoms with Crippen LogP contribution in [0.25, 0.3) is 6.08 Å². The number of nitrogens with two attached hydrogens (primary N) is 1. The summed E-state index contributed by atoms with van der Waals surface area (Å²) in [5, 5.41) is 0. The third kappa shape index (κ3) is 2.48. The average molecular weight is 241 g/mol. The fourth-order valence-electron chi connectivity index (χ4n) is 1.73. The smallest absolute Gasteiger partial charge is 0.296 e. The van der Waals surface area contributed by atoms with E-state index in [9.17, 15) is 4.79 Å². The molecule has 1 aliphatic rings. The van der Waals surface area contributed by atoms with Crippen LogP contribution in [0.1, 0.15) is 12.5 Å². The highest BCUT2D eigenvalue weighted by Crippen LogP contribution is 2.15. The molecule has 0 aliphatic carbocycles. The van der Waals surface area contributed by atoms with Gasteiger partial charge in [-0.3, -0.25) is 4.79 Å². The van der Waals surface area contributed by atoms with Crippen LogP contribution in [0.2, 0.25) is 0 Å². The molecule has 4 heteroatoms. The number of hydrogen-bond donors (Lipinski definition) is 1. The summed E-state index contributed by atoms with van der Waals surface area (Å²) in [4.78, 5) is 16.9. The van der Waals surface area contributed by atoms with E-state index in [-0.39, 0.29) is 11.9 Å². The van der Waals surface area contributed by atoms with Crippen LogP contribution in [0.4, 0.5) is 0 Å². The summed E-state index contributed by atoms with van der Waals surface area (Å²) in [7, 11) is 1.73. The SMILES string of the molecule is CC(/C=C1/C(=O)N=C(N)N1C)=C\c1ccccc1. The van der Waals surface area contributed by atoms with Gasteiger partial charge in [0, 0.05) is 7.05 Å². The second-order valence-corrected chi connectivity index (χ2v) is 4.16. The lowest BCUT2D eigenvalue weighted by Crippen LogP contribution is -2.28. The Morgan fingerprint density at radius 2 is 2.00 bits per heavy atom. The predicted molar refractivity (Wildman–Crippen MR) is 72.6 cm³/mol. The number of carbonyl (C=O) groups excluding carboxylic acids is 1. The van der Waals surface area contributed by atoms with E-state index < -0.39 is 0 Å². The molecule has 1 heterocycles. The van der Waals surface area contributed by atoms with Gasteiger partial charge in [-0.2, -0.15) is 4.99 Å². The highest BCUT2D eigenvalue weighted by atomic mass is 16.2. The first-order valence-electron chi connectivity index (χ1n) is 5.65. The fourth-order valence-corrected chi connectivity index (χ4v) is 1.73. The number of rotatable bonds is 2. The van der Waals surface area contributed by atoms with Crippen molar-refractivity contribution in [3.05, 3.63) is 53.2 Å². The van der Waals surface area contributed by atoms with Crippen LogP contribution < -0.4 is 5.73 Å². The van der Waals surface area contributed by atoms with Gasteiger partial charge in [0.1, 0.15) is 5.70 Å². The summed E-state index contributed by atoms with van der Waals surface area (Å²) < 4.78 is 0. The molecule has 2 N–H and O–H groups in total. The summed E-state index contributed by atoms with van der Waals surface area (Å²) in [5.74, 6) is -0.0606. The Morgan fingerprint density at radius 3 is 2.56 bits per heavy atom. The zero-order chi connectivity index (χ0) is 13.1. The first-order chi connectivity index (χ1) is 8.58. The van der Waals surface area contributed by atoms with Gasteiger partial charge in [-0.25, -0.2) is 0 Å². The van der Waals surface area contributed by atoms with Gasteiger partial charge >= 0.3 is 0 Å². The Morgan fingerprint density at radius 1 is 1.33 bits per heavy atom. The van der Waals surface area contributed by atoms with E-state index in [2.05, 4.69) is 4.99 Å². The second kappa shape index (κ2) is 4.87. The number of likely N-dealkylation sites (N-methyl/N-ethyl adjacent to an activating group) is 1. The Bertz CT molecular complexity index is 556. The number of carbonyl (C=O) groups is 1. The number of hydrogen-bond acceptors (Lipinski definition) is 3. The van der Waals surface area contributed by atoms with Crippen LogP contribution in [-0.4, -0.2) is 23.8 Å². The number of nitrogens with zero attached hydrogens (tertiary/aromatic N) is 2. The van der Waals surface area contributed by atoms with Crippen molar-refractivity contribution in [3.63, 3.8) is 0 Å². The Hall–Kier alpha value is -2.36. The molecule has 18 heavy (non-hydrogen) atoms. The third-order valence-electron chi connectivity index (χ3n) is 2.70. The molecule has 0 aromatic heterocycles. The molecule has 0 saturated heterocycles. The summed E-state index contributed by atoms with van der Waals surface area (Å²) >= 11 is 0. The molecule has 2 rings (SSSR count). The van der Waals surface area contributed by atoms with Gasteiger partial charge in [0.15, 0.2) is 0 Å². The van der Waals surface area contributed by atoms with Crippen LogP contribution in [0.15, 0.2) is 52.7 Å². The van der Waals surface area contributed by atoms with Crippen molar-refractivity contribution in [1.82, 2.24) is 4.90 Å². The molecule has 0 unspecified atom stereocenters. The molecule has 0 radical (unpaired) electrons. The molecule has 0 bridgehead atoms. The Balaban J connectivity index is 2.24. The van der Waals surface area contributed by atoms with E-state index in [1.54, 1.807) is 18.0 Å². The second-order valence-electron chi connectivity index (χ2n) is 4.16. The summed E-state index contributed by atoms with van der Waals surface area (Å²) in [6.45, 7) is 1.94. The largest absolute Gasteiger partial charge is 0.369 e. The van der Waals surface area contributed by atoms with Crippen molar-refractivity contribution < 1.29 is 4.79 Å². The lowest BCUT2D eigenvalue weighted by molar-refractivity contribution is -0.114. The van der Waals surface area contributed by atoms with Gasteiger partial charge in [0.05, 0.1) is 0 Å². The topological polar surface area (TPSA) is 58.7 Å². The van der Waals surface area contributed by atoms with E-state index in [4.69, 9.17) is 5.73 Å². The van der Waals surface area contributed by atoms with Gasteiger partial charge in [-0.1, -0.05) is 36.4 Å². The molecular weight excluding hydrogens is 226 g/mol. The molecule has 4 nitrogen and oxygen atoms in total. The number of allylic oxidation sites excluding steroid dienone is 2. The molecule has 92 valence electrons. The summed E-state index contributed by atoms with van der Waals surface area (Å²) in [6, 6.07) is 9.93. The molecule has 0 fully saturated rings. The molecule has 1 amide bonds.